The van der Waals surface area contributed by atoms with E-state index in [-0.39, 0.29) is 29.8 Å². The quantitative estimate of drug-likeness (QED) is 0.229. The molecule has 0 bridgehead atoms. The lowest BCUT2D eigenvalue weighted by atomic mass is 9.93. The summed E-state index contributed by atoms with van der Waals surface area (Å²) in [5, 5.41) is 18.9. The maximum Gasteiger partial charge on any atom is 0.269 e. The van der Waals surface area contributed by atoms with Gasteiger partial charge in [-0.15, -0.1) is 0 Å². The predicted molar refractivity (Wildman–Crippen MR) is 179 cm³/mol. The Morgan fingerprint density at radius 2 is 1.83 bits per heavy atom. The van der Waals surface area contributed by atoms with Crippen LogP contribution in [0.5, 0.6) is 0 Å². The van der Waals surface area contributed by atoms with E-state index in [1.165, 1.54) is 5.69 Å². The molecule has 0 spiro atoms. The summed E-state index contributed by atoms with van der Waals surface area (Å²) in [5.41, 5.74) is 8.24. The molecular formula is C34H37N11O2. The number of benzene rings is 1. The third-order valence-corrected chi connectivity index (χ3v) is 9.44. The highest BCUT2D eigenvalue weighted by molar-refractivity contribution is 5.95. The van der Waals surface area contributed by atoms with Gasteiger partial charge in [-0.25, -0.2) is 9.97 Å². The second kappa shape index (κ2) is 11.2. The molecule has 4 aromatic heterocycles. The number of anilines is 4. The second-order valence-electron chi connectivity index (χ2n) is 12.8. The van der Waals surface area contributed by atoms with E-state index in [1.807, 2.05) is 37.4 Å². The SMILES string of the molecule is CNC(=O)c1cccc(CN2CC(n3ncc4c3C(C)N(C)c3c(Nc5cc(NC(=O)C6CC6)nc6cc(C)nn56)cccc3-4)C2)n1. The van der Waals surface area contributed by atoms with Crippen molar-refractivity contribution in [1.29, 1.82) is 0 Å². The number of nitrogens with zero attached hydrogens (tertiary/aromatic N) is 8. The second-order valence-corrected chi connectivity index (χ2v) is 12.8. The van der Waals surface area contributed by atoms with Gasteiger partial charge in [0.25, 0.3) is 5.91 Å². The van der Waals surface area contributed by atoms with Crippen molar-refractivity contribution >= 4 is 40.5 Å². The maximum atomic E-state index is 12.6. The average Bonchev–Trinajstić information content (AvgIpc) is 3.70. The van der Waals surface area contributed by atoms with Crippen LogP contribution in [0.2, 0.25) is 0 Å². The summed E-state index contributed by atoms with van der Waals surface area (Å²) in [4.78, 5) is 38.4. The number of para-hydroxylation sites is 1. The number of likely N-dealkylation sites (tertiary alicyclic amines) is 1. The minimum atomic E-state index is -0.180. The van der Waals surface area contributed by atoms with Gasteiger partial charge >= 0.3 is 0 Å². The molecule has 2 fully saturated rings. The molecule has 1 saturated carbocycles. The summed E-state index contributed by atoms with van der Waals surface area (Å²) in [6.07, 6.45) is 3.84. The zero-order valence-electron chi connectivity index (χ0n) is 26.9. The Kier molecular flexibility index (Phi) is 6.94. The van der Waals surface area contributed by atoms with Crippen molar-refractivity contribution in [3.63, 3.8) is 0 Å². The fourth-order valence-corrected chi connectivity index (χ4v) is 6.74. The molecule has 1 atom stereocenters. The van der Waals surface area contributed by atoms with Gasteiger partial charge in [0.15, 0.2) is 5.65 Å². The van der Waals surface area contributed by atoms with Crippen LogP contribution in [0.25, 0.3) is 16.8 Å². The first-order valence-electron chi connectivity index (χ1n) is 16.1. The minimum Gasteiger partial charge on any atom is -0.364 e. The van der Waals surface area contributed by atoms with Crippen LogP contribution < -0.4 is 20.9 Å². The van der Waals surface area contributed by atoms with Crippen molar-refractivity contribution in [3.05, 3.63) is 77.5 Å². The van der Waals surface area contributed by atoms with Crippen molar-refractivity contribution in [2.75, 3.05) is 42.7 Å². The smallest absolute Gasteiger partial charge is 0.269 e. The predicted octanol–water partition coefficient (Wildman–Crippen LogP) is 4.32. The largest absolute Gasteiger partial charge is 0.364 e. The fourth-order valence-electron chi connectivity index (χ4n) is 6.74. The Bertz CT molecular complexity index is 2040. The monoisotopic (exact) mass is 631 g/mol. The molecular weight excluding hydrogens is 594 g/mol. The Morgan fingerprint density at radius 3 is 2.62 bits per heavy atom. The van der Waals surface area contributed by atoms with Crippen LogP contribution in [0.15, 0.2) is 54.7 Å². The van der Waals surface area contributed by atoms with Crippen LogP contribution in [0, 0.1) is 12.8 Å². The standard InChI is InChI=1S/C34H37N11O2/c1-19-13-29-39-28(40-33(46)21-11-12-21)14-30(45(29)41-19)38-26-9-6-8-24-25-15-36-44(31(25)20(2)42(4)32(24)26)23-17-43(18-23)16-22-7-5-10-27(37-22)34(47)35-3/h5-10,13-15,20-21,23,38H,11-12,16-18H2,1-4H3,(H,35,47)(H,39,40,46). The number of carbonyl (C=O) groups is 2. The van der Waals surface area contributed by atoms with Crippen LogP contribution in [-0.4, -0.2) is 73.3 Å². The van der Waals surface area contributed by atoms with E-state index in [0.717, 1.165) is 65.6 Å². The van der Waals surface area contributed by atoms with Crippen molar-refractivity contribution < 1.29 is 9.59 Å². The van der Waals surface area contributed by atoms with Crippen molar-refractivity contribution in [3.8, 4) is 11.1 Å². The highest BCUT2D eigenvalue weighted by Gasteiger charge is 2.37. The molecule has 2 amide bonds. The van der Waals surface area contributed by atoms with Gasteiger partial charge in [-0.05, 0) is 44.9 Å². The number of hydrogen-bond donors (Lipinski definition) is 3. The number of hydrogen-bond acceptors (Lipinski definition) is 9. The normalized spacial score (nSPS) is 17.6. The molecule has 2 aliphatic heterocycles. The third-order valence-electron chi connectivity index (χ3n) is 9.44. The Labute approximate surface area is 272 Å². The van der Waals surface area contributed by atoms with Gasteiger partial charge in [-0.2, -0.15) is 14.7 Å². The summed E-state index contributed by atoms with van der Waals surface area (Å²) < 4.78 is 3.97. The first-order chi connectivity index (χ1) is 22.8. The van der Waals surface area contributed by atoms with E-state index in [2.05, 4.69) is 77.7 Å². The number of aryl methyl sites for hydroxylation is 1. The van der Waals surface area contributed by atoms with Gasteiger partial charge in [-0.3, -0.25) is 19.2 Å². The molecule has 47 heavy (non-hydrogen) atoms. The molecule has 5 aromatic rings. The highest BCUT2D eigenvalue weighted by Crippen LogP contribution is 2.49. The summed E-state index contributed by atoms with van der Waals surface area (Å²) in [6.45, 7) is 6.54. The molecule has 1 aromatic carbocycles. The first-order valence-corrected chi connectivity index (χ1v) is 16.1. The van der Waals surface area contributed by atoms with Crippen LogP contribution in [0.1, 0.15) is 59.4 Å². The molecule has 3 aliphatic rings. The molecule has 6 heterocycles. The van der Waals surface area contributed by atoms with Crippen molar-refractivity contribution in [2.45, 2.75) is 45.3 Å². The zero-order valence-corrected chi connectivity index (χ0v) is 26.9. The maximum absolute atomic E-state index is 12.6. The van der Waals surface area contributed by atoms with Gasteiger partial charge < -0.3 is 20.9 Å². The number of rotatable bonds is 8. The lowest BCUT2D eigenvalue weighted by molar-refractivity contribution is -0.117. The zero-order chi connectivity index (χ0) is 32.4. The molecule has 1 saturated heterocycles. The van der Waals surface area contributed by atoms with Crippen LogP contribution in [0.4, 0.5) is 23.0 Å². The van der Waals surface area contributed by atoms with Crippen LogP contribution >= 0.6 is 0 Å². The number of carbonyl (C=O) groups excluding carboxylic acids is 2. The van der Waals surface area contributed by atoms with E-state index in [4.69, 9.17) is 5.10 Å². The fraction of sp³-hybridized carbons (Fsp3) is 0.353. The molecule has 13 heteroatoms. The van der Waals surface area contributed by atoms with E-state index >= 15 is 0 Å². The molecule has 0 radical (unpaired) electrons. The molecule has 240 valence electrons. The van der Waals surface area contributed by atoms with Gasteiger partial charge in [-0.1, -0.05) is 18.2 Å². The Balaban J connectivity index is 1.06. The van der Waals surface area contributed by atoms with E-state index in [0.29, 0.717) is 23.7 Å². The Hall–Kier alpha value is -5.30. The lowest BCUT2D eigenvalue weighted by Gasteiger charge is -2.42. The number of pyridine rings is 1. The van der Waals surface area contributed by atoms with Crippen molar-refractivity contribution in [2.24, 2.45) is 5.92 Å². The molecule has 13 nitrogen and oxygen atoms in total. The van der Waals surface area contributed by atoms with Gasteiger partial charge in [0.1, 0.15) is 17.3 Å². The van der Waals surface area contributed by atoms with Gasteiger partial charge in [0, 0.05) is 62.9 Å². The minimum absolute atomic E-state index is 0.0145. The lowest BCUT2D eigenvalue weighted by Crippen LogP contribution is -2.48. The summed E-state index contributed by atoms with van der Waals surface area (Å²) in [5.74, 6) is 1.14. The van der Waals surface area contributed by atoms with Crippen molar-refractivity contribution in [1.82, 2.24) is 39.6 Å². The van der Waals surface area contributed by atoms with Crippen LogP contribution in [0.3, 0.4) is 0 Å². The highest BCUT2D eigenvalue weighted by atomic mass is 16.2. The Morgan fingerprint density at radius 1 is 1.02 bits per heavy atom. The number of amides is 2. The molecule has 3 N–H and O–H groups in total. The summed E-state index contributed by atoms with van der Waals surface area (Å²) in [7, 11) is 3.73. The number of aromatic nitrogens is 6. The molecule has 8 rings (SSSR count). The van der Waals surface area contributed by atoms with Gasteiger partial charge in [0.05, 0.1) is 46.7 Å². The van der Waals surface area contributed by atoms with Gasteiger partial charge in [0.2, 0.25) is 5.91 Å². The van der Waals surface area contributed by atoms with Crippen LogP contribution in [-0.2, 0) is 11.3 Å². The summed E-state index contributed by atoms with van der Waals surface area (Å²) in [6, 6.07) is 15.9. The van der Waals surface area contributed by atoms with E-state index < -0.39 is 0 Å². The molecule has 1 unspecified atom stereocenters. The topological polar surface area (TPSA) is 138 Å². The number of fused-ring (bicyclic) bond motifs is 4. The first kappa shape index (κ1) is 29.1. The summed E-state index contributed by atoms with van der Waals surface area (Å²) >= 11 is 0. The molecule has 1 aliphatic carbocycles. The van der Waals surface area contributed by atoms with E-state index in [9.17, 15) is 9.59 Å². The average molecular weight is 632 g/mol. The number of nitrogens with one attached hydrogen (secondary N) is 3. The third kappa shape index (κ3) is 5.16. The van der Waals surface area contributed by atoms with E-state index in [1.54, 1.807) is 17.6 Å².